The highest BCUT2D eigenvalue weighted by Crippen LogP contribution is 2.21. The molecule has 5 nitrogen and oxygen atoms in total. The first-order valence-corrected chi connectivity index (χ1v) is 9.66. The van der Waals surface area contributed by atoms with E-state index in [1.165, 1.54) is 17.7 Å². The van der Waals surface area contributed by atoms with Gasteiger partial charge in [-0.05, 0) is 51.0 Å². The van der Waals surface area contributed by atoms with Gasteiger partial charge in [-0.2, -0.15) is 0 Å². The molecule has 0 N–H and O–H groups in total. The molecule has 2 aliphatic heterocycles. The largest absolute Gasteiger partial charge is 0.491 e. The van der Waals surface area contributed by atoms with Crippen LogP contribution in [0.4, 0.5) is 4.39 Å². The highest BCUT2D eigenvalue weighted by atomic mass is 19.1. The molecule has 27 heavy (non-hydrogen) atoms. The summed E-state index contributed by atoms with van der Waals surface area (Å²) < 4.78 is 24.3. The molecule has 0 saturated carbocycles. The van der Waals surface area contributed by atoms with Crippen LogP contribution >= 0.6 is 0 Å². The van der Waals surface area contributed by atoms with Crippen molar-refractivity contribution in [2.24, 2.45) is 0 Å². The van der Waals surface area contributed by atoms with Gasteiger partial charge in [0.1, 0.15) is 30.9 Å². The van der Waals surface area contributed by atoms with Gasteiger partial charge < -0.3 is 14.4 Å². The Balaban J connectivity index is 1.48. The normalized spacial score (nSPS) is 22.0. The number of halogens is 1. The van der Waals surface area contributed by atoms with Gasteiger partial charge in [0.2, 0.25) is 5.91 Å². The Morgan fingerprint density at radius 1 is 1.26 bits per heavy atom. The summed E-state index contributed by atoms with van der Waals surface area (Å²) >= 11 is 0. The molecule has 148 valence electrons. The number of rotatable bonds is 6. The third-order valence-corrected chi connectivity index (χ3v) is 5.17. The fourth-order valence-corrected chi connectivity index (χ4v) is 3.54. The van der Waals surface area contributed by atoms with E-state index in [0.29, 0.717) is 18.9 Å². The summed E-state index contributed by atoms with van der Waals surface area (Å²) in [6.45, 7) is 8.26. The quantitative estimate of drug-likeness (QED) is 0.716. The maximum absolute atomic E-state index is 13.0. The molecule has 2 aliphatic rings. The SMILES string of the molecule is CC(C)=CCN1CCC(N2C[C@H](COc3ccc(F)cc3)OCC2=O)CC1. The lowest BCUT2D eigenvalue weighted by Gasteiger charge is -2.42. The Morgan fingerprint density at radius 2 is 1.96 bits per heavy atom. The predicted octanol–water partition coefficient (Wildman–Crippen LogP) is 2.86. The van der Waals surface area contributed by atoms with Gasteiger partial charge in [0.25, 0.3) is 0 Å². The van der Waals surface area contributed by atoms with Gasteiger partial charge in [0.15, 0.2) is 0 Å². The molecule has 0 radical (unpaired) electrons. The summed E-state index contributed by atoms with van der Waals surface area (Å²) in [4.78, 5) is 16.7. The first-order valence-electron chi connectivity index (χ1n) is 9.66. The monoisotopic (exact) mass is 376 g/mol. The van der Waals surface area contributed by atoms with Gasteiger partial charge in [-0.15, -0.1) is 0 Å². The Labute approximate surface area is 160 Å². The standard InChI is InChI=1S/C21H29FN2O3/c1-16(2)7-10-23-11-8-18(9-12-23)24-13-20(27-15-21(24)25)14-26-19-5-3-17(22)4-6-19/h3-7,18,20H,8-15H2,1-2H3/t20-/m1/s1. The smallest absolute Gasteiger partial charge is 0.248 e. The lowest BCUT2D eigenvalue weighted by Crippen LogP contribution is -2.55. The van der Waals surface area contributed by atoms with Crippen molar-refractivity contribution in [2.75, 3.05) is 39.4 Å². The minimum Gasteiger partial charge on any atom is -0.491 e. The lowest BCUT2D eigenvalue weighted by molar-refractivity contribution is -0.155. The Kier molecular flexibility index (Phi) is 6.85. The number of morpholine rings is 1. The van der Waals surface area contributed by atoms with E-state index in [4.69, 9.17) is 9.47 Å². The second-order valence-electron chi connectivity index (χ2n) is 7.56. The Hall–Kier alpha value is -1.92. The lowest BCUT2D eigenvalue weighted by atomic mass is 10.0. The van der Waals surface area contributed by atoms with Gasteiger partial charge in [0, 0.05) is 25.7 Å². The first kappa shape index (κ1) is 19.8. The summed E-state index contributed by atoms with van der Waals surface area (Å²) in [5.41, 5.74) is 1.34. The Morgan fingerprint density at radius 3 is 2.63 bits per heavy atom. The number of allylic oxidation sites excluding steroid dienone is 1. The minimum atomic E-state index is -0.288. The maximum atomic E-state index is 13.0. The number of carbonyl (C=O) groups is 1. The van der Waals surface area contributed by atoms with Crippen molar-refractivity contribution in [1.82, 2.24) is 9.80 Å². The zero-order chi connectivity index (χ0) is 19.2. The summed E-state index contributed by atoms with van der Waals surface area (Å²) in [6, 6.07) is 6.22. The van der Waals surface area contributed by atoms with Crippen LogP contribution in [0.15, 0.2) is 35.9 Å². The number of nitrogens with zero attached hydrogens (tertiary/aromatic N) is 2. The summed E-state index contributed by atoms with van der Waals surface area (Å²) in [6.07, 6.45) is 4.08. The fraction of sp³-hybridized carbons (Fsp3) is 0.571. The molecule has 0 unspecified atom stereocenters. The molecule has 1 atom stereocenters. The average Bonchev–Trinajstić information content (AvgIpc) is 2.67. The summed E-state index contributed by atoms with van der Waals surface area (Å²) in [5, 5.41) is 0. The van der Waals surface area contributed by atoms with Crippen molar-refractivity contribution in [3.8, 4) is 5.75 Å². The van der Waals surface area contributed by atoms with Crippen LogP contribution in [0.2, 0.25) is 0 Å². The van der Waals surface area contributed by atoms with E-state index in [-0.39, 0.29) is 30.5 Å². The van der Waals surface area contributed by atoms with E-state index in [0.717, 1.165) is 32.5 Å². The van der Waals surface area contributed by atoms with Crippen molar-refractivity contribution >= 4 is 5.91 Å². The third kappa shape index (κ3) is 5.78. The molecule has 0 spiro atoms. The third-order valence-electron chi connectivity index (χ3n) is 5.17. The summed E-state index contributed by atoms with van der Waals surface area (Å²) in [7, 11) is 0. The number of likely N-dealkylation sites (tertiary alicyclic amines) is 1. The molecule has 1 aromatic rings. The van der Waals surface area contributed by atoms with Crippen LogP contribution in [-0.4, -0.2) is 67.2 Å². The van der Waals surface area contributed by atoms with Crippen molar-refractivity contribution in [3.63, 3.8) is 0 Å². The summed E-state index contributed by atoms with van der Waals surface area (Å²) in [5.74, 6) is 0.385. The molecule has 2 fully saturated rings. The van der Waals surface area contributed by atoms with Gasteiger partial charge in [-0.1, -0.05) is 11.6 Å². The predicted molar refractivity (Wildman–Crippen MR) is 102 cm³/mol. The second-order valence-corrected chi connectivity index (χ2v) is 7.56. The van der Waals surface area contributed by atoms with Crippen molar-refractivity contribution in [1.29, 1.82) is 0 Å². The molecular formula is C21H29FN2O3. The van der Waals surface area contributed by atoms with E-state index in [2.05, 4.69) is 24.8 Å². The fourth-order valence-electron chi connectivity index (χ4n) is 3.54. The van der Waals surface area contributed by atoms with Crippen LogP contribution in [0.25, 0.3) is 0 Å². The maximum Gasteiger partial charge on any atom is 0.248 e. The average molecular weight is 376 g/mol. The molecule has 3 rings (SSSR count). The van der Waals surface area contributed by atoms with E-state index < -0.39 is 0 Å². The zero-order valence-corrected chi connectivity index (χ0v) is 16.2. The van der Waals surface area contributed by atoms with Crippen LogP contribution in [0.1, 0.15) is 26.7 Å². The second kappa shape index (κ2) is 9.33. The van der Waals surface area contributed by atoms with E-state index in [1.807, 2.05) is 4.90 Å². The topological polar surface area (TPSA) is 42.0 Å². The number of ether oxygens (including phenoxy) is 2. The molecule has 1 aromatic carbocycles. The molecule has 0 aromatic heterocycles. The van der Waals surface area contributed by atoms with Gasteiger partial charge in [-0.3, -0.25) is 9.69 Å². The van der Waals surface area contributed by atoms with Gasteiger partial charge in [0.05, 0.1) is 6.54 Å². The molecular weight excluding hydrogens is 347 g/mol. The number of benzene rings is 1. The highest BCUT2D eigenvalue weighted by Gasteiger charge is 2.33. The number of piperidine rings is 1. The van der Waals surface area contributed by atoms with Crippen LogP contribution in [-0.2, 0) is 9.53 Å². The van der Waals surface area contributed by atoms with E-state index >= 15 is 0 Å². The number of hydrogen-bond donors (Lipinski definition) is 0. The zero-order valence-electron chi connectivity index (χ0n) is 16.2. The number of hydrogen-bond acceptors (Lipinski definition) is 4. The highest BCUT2D eigenvalue weighted by molar-refractivity contribution is 5.78. The molecule has 0 bridgehead atoms. The van der Waals surface area contributed by atoms with Crippen LogP contribution in [0.5, 0.6) is 5.75 Å². The first-order chi connectivity index (χ1) is 13.0. The molecule has 6 heteroatoms. The van der Waals surface area contributed by atoms with E-state index in [1.54, 1.807) is 12.1 Å². The number of amides is 1. The van der Waals surface area contributed by atoms with Crippen molar-refractivity contribution in [2.45, 2.75) is 38.8 Å². The molecule has 1 amide bonds. The number of carbonyl (C=O) groups excluding carboxylic acids is 1. The van der Waals surface area contributed by atoms with E-state index in [9.17, 15) is 9.18 Å². The molecule has 2 heterocycles. The van der Waals surface area contributed by atoms with Gasteiger partial charge >= 0.3 is 0 Å². The van der Waals surface area contributed by atoms with Crippen molar-refractivity contribution in [3.05, 3.63) is 41.7 Å². The Bertz CT molecular complexity index is 650. The van der Waals surface area contributed by atoms with Gasteiger partial charge in [-0.25, -0.2) is 4.39 Å². The van der Waals surface area contributed by atoms with Crippen LogP contribution in [0, 0.1) is 5.82 Å². The van der Waals surface area contributed by atoms with Crippen LogP contribution in [0.3, 0.4) is 0 Å². The minimum absolute atomic E-state index is 0.0655. The molecule has 0 aliphatic carbocycles. The molecule has 2 saturated heterocycles. The van der Waals surface area contributed by atoms with Crippen LogP contribution < -0.4 is 4.74 Å². The van der Waals surface area contributed by atoms with Crippen molar-refractivity contribution < 1.29 is 18.7 Å².